The SMILES string of the molecule is CN(CC(=O)Nc1sc2c(c1C(N)=O)CCCC2)Cc1cc(Br)cs1. The van der Waals surface area contributed by atoms with Gasteiger partial charge >= 0.3 is 0 Å². The molecule has 0 bridgehead atoms. The minimum Gasteiger partial charge on any atom is -0.365 e. The number of thiophene rings is 2. The molecule has 0 aliphatic heterocycles. The smallest absolute Gasteiger partial charge is 0.251 e. The average Bonchev–Trinajstić information content (AvgIpc) is 3.09. The Hall–Kier alpha value is -1.22. The summed E-state index contributed by atoms with van der Waals surface area (Å²) < 4.78 is 1.06. The number of halogens is 1. The second-order valence-corrected chi connectivity index (χ2v) is 9.25. The number of rotatable bonds is 6. The molecule has 5 nitrogen and oxygen atoms in total. The van der Waals surface area contributed by atoms with E-state index in [-0.39, 0.29) is 12.5 Å². The van der Waals surface area contributed by atoms with Crippen molar-refractivity contribution in [2.75, 3.05) is 18.9 Å². The molecule has 0 radical (unpaired) electrons. The van der Waals surface area contributed by atoms with Gasteiger partial charge in [-0.05, 0) is 60.3 Å². The van der Waals surface area contributed by atoms with E-state index in [2.05, 4.69) is 27.3 Å². The van der Waals surface area contributed by atoms with E-state index in [0.29, 0.717) is 17.1 Å². The zero-order chi connectivity index (χ0) is 18.0. The molecule has 2 heterocycles. The number of anilines is 1. The van der Waals surface area contributed by atoms with E-state index in [9.17, 15) is 9.59 Å². The third-order valence-corrected chi connectivity index (χ3v) is 7.02. The Kier molecular flexibility index (Phi) is 5.93. The molecule has 134 valence electrons. The molecule has 0 saturated heterocycles. The number of nitrogens with zero attached hydrogens (tertiary/aromatic N) is 1. The van der Waals surface area contributed by atoms with E-state index < -0.39 is 5.91 Å². The van der Waals surface area contributed by atoms with Crippen LogP contribution in [-0.2, 0) is 24.2 Å². The lowest BCUT2D eigenvalue weighted by Gasteiger charge is -2.15. The van der Waals surface area contributed by atoms with Crippen LogP contribution in [0.25, 0.3) is 0 Å². The molecule has 0 atom stereocenters. The lowest BCUT2D eigenvalue weighted by atomic mass is 9.95. The van der Waals surface area contributed by atoms with Crippen molar-refractivity contribution < 1.29 is 9.59 Å². The van der Waals surface area contributed by atoms with Gasteiger partial charge in [-0.1, -0.05) is 0 Å². The number of carbonyl (C=O) groups excluding carboxylic acids is 2. The summed E-state index contributed by atoms with van der Waals surface area (Å²) in [6.07, 6.45) is 4.02. The minimum atomic E-state index is -0.452. The Morgan fingerprint density at radius 2 is 2.12 bits per heavy atom. The molecule has 1 aliphatic rings. The first-order valence-corrected chi connectivity index (χ1v) is 10.6. The van der Waals surface area contributed by atoms with Gasteiger partial charge in [0.25, 0.3) is 5.91 Å². The Bertz CT molecular complexity index is 800. The van der Waals surface area contributed by atoms with Crippen molar-refractivity contribution >= 4 is 55.4 Å². The van der Waals surface area contributed by atoms with Crippen molar-refractivity contribution in [3.63, 3.8) is 0 Å². The minimum absolute atomic E-state index is 0.126. The summed E-state index contributed by atoms with van der Waals surface area (Å²) in [6.45, 7) is 0.962. The maximum atomic E-state index is 12.4. The Balaban J connectivity index is 1.66. The summed E-state index contributed by atoms with van der Waals surface area (Å²) in [4.78, 5) is 28.6. The fourth-order valence-corrected chi connectivity index (χ4v) is 5.93. The number of hydrogen-bond donors (Lipinski definition) is 2. The highest BCUT2D eigenvalue weighted by molar-refractivity contribution is 9.10. The number of nitrogens with two attached hydrogens (primary N) is 1. The summed E-state index contributed by atoms with van der Waals surface area (Å²) in [7, 11) is 1.90. The molecule has 0 saturated carbocycles. The van der Waals surface area contributed by atoms with Crippen molar-refractivity contribution in [3.8, 4) is 0 Å². The van der Waals surface area contributed by atoms with E-state index in [1.807, 2.05) is 17.3 Å². The second kappa shape index (κ2) is 7.99. The van der Waals surface area contributed by atoms with E-state index in [4.69, 9.17) is 5.73 Å². The van der Waals surface area contributed by atoms with E-state index in [1.165, 1.54) is 21.1 Å². The predicted octanol–water partition coefficient (Wildman–Crippen LogP) is 3.62. The predicted molar refractivity (Wildman–Crippen MR) is 106 cm³/mol. The van der Waals surface area contributed by atoms with Crippen LogP contribution < -0.4 is 11.1 Å². The maximum absolute atomic E-state index is 12.4. The quantitative estimate of drug-likeness (QED) is 0.718. The van der Waals surface area contributed by atoms with Crippen LogP contribution in [0.5, 0.6) is 0 Å². The van der Waals surface area contributed by atoms with E-state index in [0.717, 1.165) is 35.7 Å². The fourth-order valence-electron chi connectivity index (χ4n) is 3.08. The van der Waals surface area contributed by atoms with Crippen LogP contribution in [0.2, 0.25) is 0 Å². The normalized spacial score (nSPS) is 13.7. The Morgan fingerprint density at radius 3 is 2.80 bits per heavy atom. The van der Waals surface area contributed by atoms with E-state index in [1.54, 1.807) is 11.3 Å². The van der Waals surface area contributed by atoms with Gasteiger partial charge in [0.1, 0.15) is 5.00 Å². The van der Waals surface area contributed by atoms with Gasteiger partial charge in [0.05, 0.1) is 12.1 Å². The van der Waals surface area contributed by atoms with Gasteiger partial charge in [0.15, 0.2) is 0 Å². The number of amides is 2. The number of carbonyl (C=O) groups is 2. The zero-order valence-electron chi connectivity index (χ0n) is 13.9. The standard InChI is InChI=1S/C17H20BrN3O2S2/c1-21(7-11-6-10(18)9-24-11)8-14(22)20-17-15(16(19)23)12-4-2-3-5-13(12)25-17/h6,9H,2-5,7-8H2,1H3,(H2,19,23)(H,20,22). The highest BCUT2D eigenvalue weighted by Gasteiger charge is 2.25. The summed E-state index contributed by atoms with van der Waals surface area (Å²) in [5.41, 5.74) is 7.12. The van der Waals surface area contributed by atoms with Gasteiger partial charge in [-0.2, -0.15) is 0 Å². The van der Waals surface area contributed by atoms with Crippen LogP contribution in [-0.4, -0.2) is 30.3 Å². The third kappa shape index (κ3) is 4.49. The number of nitrogens with one attached hydrogen (secondary N) is 1. The Morgan fingerprint density at radius 1 is 1.36 bits per heavy atom. The molecule has 2 aromatic heterocycles. The molecule has 1 aliphatic carbocycles. The molecule has 2 amide bonds. The lowest BCUT2D eigenvalue weighted by Crippen LogP contribution is -2.30. The van der Waals surface area contributed by atoms with Gasteiger partial charge < -0.3 is 11.1 Å². The highest BCUT2D eigenvalue weighted by atomic mass is 79.9. The molecule has 0 unspecified atom stereocenters. The molecule has 3 rings (SSSR count). The van der Waals surface area contributed by atoms with Crippen molar-refractivity contribution in [3.05, 3.63) is 36.8 Å². The first kappa shape index (κ1) is 18.6. The largest absolute Gasteiger partial charge is 0.365 e. The first-order valence-electron chi connectivity index (χ1n) is 8.09. The molecule has 8 heteroatoms. The number of aryl methyl sites for hydroxylation is 1. The molecule has 25 heavy (non-hydrogen) atoms. The monoisotopic (exact) mass is 441 g/mol. The molecule has 3 N–H and O–H groups in total. The van der Waals surface area contributed by atoms with Gasteiger partial charge in [-0.15, -0.1) is 22.7 Å². The molecule has 0 fully saturated rings. The maximum Gasteiger partial charge on any atom is 0.251 e. The van der Waals surface area contributed by atoms with Crippen molar-refractivity contribution in [2.45, 2.75) is 32.2 Å². The molecular weight excluding hydrogens is 422 g/mol. The highest BCUT2D eigenvalue weighted by Crippen LogP contribution is 2.37. The first-order chi connectivity index (χ1) is 11.9. The number of primary amides is 1. The molecular formula is C17H20BrN3O2S2. The third-order valence-electron chi connectivity index (χ3n) is 4.13. The second-order valence-electron chi connectivity index (χ2n) is 6.23. The number of fused-ring (bicyclic) bond motifs is 1. The van der Waals surface area contributed by atoms with Gasteiger partial charge in [-0.3, -0.25) is 14.5 Å². The molecule has 0 spiro atoms. The van der Waals surface area contributed by atoms with Gasteiger partial charge in [0, 0.05) is 26.2 Å². The van der Waals surface area contributed by atoms with Crippen molar-refractivity contribution in [1.29, 1.82) is 0 Å². The van der Waals surface area contributed by atoms with Gasteiger partial charge in [0.2, 0.25) is 5.91 Å². The summed E-state index contributed by atoms with van der Waals surface area (Å²) in [5.74, 6) is -0.578. The van der Waals surface area contributed by atoms with Crippen LogP contribution >= 0.6 is 38.6 Å². The van der Waals surface area contributed by atoms with Crippen LogP contribution in [0.3, 0.4) is 0 Å². The fraction of sp³-hybridized carbons (Fsp3) is 0.412. The van der Waals surface area contributed by atoms with Gasteiger partial charge in [-0.25, -0.2) is 0 Å². The van der Waals surface area contributed by atoms with Crippen LogP contribution in [0, 0.1) is 0 Å². The lowest BCUT2D eigenvalue weighted by molar-refractivity contribution is -0.117. The van der Waals surface area contributed by atoms with Crippen LogP contribution in [0.4, 0.5) is 5.00 Å². The van der Waals surface area contributed by atoms with E-state index >= 15 is 0 Å². The summed E-state index contributed by atoms with van der Waals surface area (Å²) >= 11 is 6.59. The van der Waals surface area contributed by atoms with Crippen molar-refractivity contribution in [2.24, 2.45) is 5.73 Å². The zero-order valence-corrected chi connectivity index (χ0v) is 17.2. The Labute approximate surface area is 163 Å². The number of hydrogen-bond acceptors (Lipinski definition) is 5. The topological polar surface area (TPSA) is 75.4 Å². The molecule has 2 aromatic rings. The van der Waals surface area contributed by atoms with Crippen molar-refractivity contribution in [1.82, 2.24) is 4.90 Å². The van der Waals surface area contributed by atoms with Crippen LogP contribution in [0.15, 0.2) is 15.9 Å². The number of likely N-dealkylation sites (N-methyl/N-ethyl adjacent to an activating group) is 1. The van der Waals surface area contributed by atoms with Crippen LogP contribution in [0.1, 0.15) is 38.5 Å². The molecule has 0 aromatic carbocycles. The average molecular weight is 442 g/mol. The summed E-state index contributed by atoms with van der Waals surface area (Å²) in [6, 6.07) is 2.05. The summed E-state index contributed by atoms with van der Waals surface area (Å²) in [5, 5.41) is 5.54.